The molecule has 1 aromatic rings. The highest BCUT2D eigenvalue weighted by atomic mass is 79.9. The molecule has 0 unspecified atom stereocenters. The maximum absolute atomic E-state index is 8.58. The van der Waals surface area contributed by atoms with Crippen LogP contribution in [-0.2, 0) is 0 Å². The number of nitriles is 1. The number of hydrogen-bond acceptors (Lipinski definition) is 1. The monoisotopic (exact) mass is 209 g/mol. The highest BCUT2D eigenvalue weighted by Gasteiger charge is 1.99. The standard InChI is InChI=1S/C9H8BrN/c1-7(10)9-4-2-3-8(5-9)6-11/h2-5,7H,1H3/t7-/m1/s1. The van der Waals surface area contributed by atoms with Crippen molar-refractivity contribution in [3.05, 3.63) is 35.4 Å². The van der Waals surface area contributed by atoms with Crippen LogP contribution in [0.4, 0.5) is 0 Å². The molecule has 0 aromatic heterocycles. The summed E-state index contributed by atoms with van der Waals surface area (Å²) in [4.78, 5) is 0.316. The van der Waals surface area contributed by atoms with Gasteiger partial charge in [0.25, 0.3) is 0 Å². The summed E-state index contributed by atoms with van der Waals surface area (Å²) in [5, 5.41) is 8.58. The minimum Gasteiger partial charge on any atom is -0.192 e. The fourth-order valence-electron chi connectivity index (χ4n) is 0.856. The lowest BCUT2D eigenvalue weighted by Gasteiger charge is -2.01. The van der Waals surface area contributed by atoms with Crippen molar-refractivity contribution >= 4 is 15.9 Å². The van der Waals surface area contributed by atoms with Crippen LogP contribution in [0.25, 0.3) is 0 Å². The predicted octanol–water partition coefficient (Wildman–Crippen LogP) is 3.01. The Morgan fingerprint density at radius 1 is 1.55 bits per heavy atom. The van der Waals surface area contributed by atoms with Gasteiger partial charge < -0.3 is 0 Å². The predicted molar refractivity (Wildman–Crippen MR) is 48.5 cm³/mol. The van der Waals surface area contributed by atoms with Gasteiger partial charge in [0.1, 0.15) is 0 Å². The first-order valence-electron chi connectivity index (χ1n) is 3.38. The van der Waals surface area contributed by atoms with Crippen LogP contribution < -0.4 is 0 Å². The molecule has 56 valence electrons. The Hall–Kier alpha value is -0.810. The summed E-state index contributed by atoms with van der Waals surface area (Å²) in [7, 11) is 0. The zero-order chi connectivity index (χ0) is 8.27. The van der Waals surface area contributed by atoms with Crippen molar-refractivity contribution in [2.45, 2.75) is 11.8 Å². The number of alkyl halides is 1. The van der Waals surface area contributed by atoms with Crippen molar-refractivity contribution in [3.8, 4) is 6.07 Å². The molecule has 1 rings (SSSR count). The Balaban J connectivity index is 3.03. The van der Waals surface area contributed by atoms with E-state index in [0.29, 0.717) is 10.4 Å². The minimum absolute atomic E-state index is 0.316. The van der Waals surface area contributed by atoms with E-state index in [1.165, 1.54) is 0 Å². The maximum Gasteiger partial charge on any atom is 0.0991 e. The van der Waals surface area contributed by atoms with Gasteiger partial charge in [0.05, 0.1) is 11.6 Å². The SMILES string of the molecule is C[C@@H](Br)c1cccc(C#N)c1. The second kappa shape index (κ2) is 3.54. The topological polar surface area (TPSA) is 23.8 Å². The molecule has 0 aliphatic heterocycles. The van der Waals surface area contributed by atoms with Crippen LogP contribution in [0.1, 0.15) is 22.9 Å². The van der Waals surface area contributed by atoms with Gasteiger partial charge in [-0.05, 0) is 24.6 Å². The third-order valence-corrected chi connectivity index (χ3v) is 2.00. The molecule has 1 aromatic carbocycles. The van der Waals surface area contributed by atoms with Gasteiger partial charge in [0, 0.05) is 4.83 Å². The van der Waals surface area contributed by atoms with Gasteiger partial charge >= 0.3 is 0 Å². The minimum atomic E-state index is 0.316. The normalized spacial score (nSPS) is 12.1. The molecule has 11 heavy (non-hydrogen) atoms. The van der Waals surface area contributed by atoms with Crippen LogP contribution in [0.15, 0.2) is 24.3 Å². The molecule has 0 amide bonds. The summed E-state index contributed by atoms with van der Waals surface area (Å²) in [6.45, 7) is 2.04. The van der Waals surface area contributed by atoms with E-state index in [1.54, 1.807) is 6.07 Å². The first-order chi connectivity index (χ1) is 5.24. The molecule has 0 radical (unpaired) electrons. The molecule has 1 nitrogen and oxygen atoms in total. The molecule has 0 heterocycles. The fraction of sp³-hybridized carbons (Fsp3) is 0.222. The summed E-state index contributed by atoms with van der Waals surface area (Å²) < 4.78 is 0. The Labute approximate surface area is 74.8 Å². The zero-order valence-electron chi connectivity index (χ0n) is 6.21. The molecule has 0 aliphatic carbocycles. The van der Waals surface area contributed by atoms with E-state index in [0.717, 1.165) is 5.56 Å². The number of rotatable bonds is 1. The summed E-state index contributed by atoms with van der Waals surface area (Å²) >= 11 is 3.44. The van der Waals surface area contributed by atoms with Gasteiger partial charge in [0.15, 0.2) is 0 Å². The lowest BCUT2D eigenvalue weighted by atomic mass is 10.1. The first kappa shape index (κ1) is 8.29. The van der Waals surface area contributed by atoms with Gasteiger partial charge in [-0.2, -0.15) is 5.26 Å². The van der Waals surface area contributed by atoms with Crippen molar-refractivity contribution in [1.29, 1.82) is 5.26 Å². The molecule has 0 bridgehead atoms. The number of hydrogen-bond donors (Lipinski definition) is 0. The van der Waals surface area contributed by atoms with E-state index < -0.39 is 0 Å². The Morgan fingerprint density at radius 2 is 2.27 bits per heavy atom. The average Bonchev–Trinajstić information content (AvgIpc) is 2.05. The molecule has 0 spiro atoms. The highest BCUT2D eigenvalue weighted by Crippen LogP contribution is 2.21. The average molecular weight is 210 g/mol. The van der Waals surface area contributed by atoms with Crippen LogP contribution >= 0.6 is 15.9 Å². The molecule has 0 N–H and O–H groups in total. The Bertz CT molecular complexity index is 286. The third kappa shape index (κ3) is 2.06. The van der Waals surface area contributed by atoms with E-state index >= 15 is 0 Å². The van der Waals surface area contributed by atoms with E-state index in [2.05, 4.69) is 22.0 Å². The van der Waals surface area contributed by atoms with Gasteiger partial charge in [-0.3, -0.25) is 0 Å². The van der Waals surface area contributed by atoms with Crippen molar-refractivity contribution in [2.24, 2.45) is 0 Å². The van der Waals surface area contributed by atoms with Gasteiger partial charge in [-0.1, -0.05) is 28.1 Å². The summed E-state index contributed by atoms with van der Waals surface area (Å²) in [6, 6.07) is 9.69. The quantitative estimate of drug-likeness (QED) is 0.653. The molecular formula is C9H8BrN. The van der Waals surface area contributed by atoms with Crippen LogP contribution in [0.3, 0.4) is 0 Å². The van der Waals surface area contributed by atoms with E-state index in [4.69, 9.17) is 5.26 Å². The number of nitrogens with zero attached hydrogens (tertiary/aromatic N) is 1. The highest BCUT2D eigenvalue weighted by molar-refractivity contribution is 9.09. The Morgan fingerprint density at radius 3 is 2.82 bits per heavy atom. The van der Waals surface area contributed by atoms with Crippen molar-refractivity contribution < 1.29 is 0 Å². The van der Waals surface area contributed by atoms with Crippen LogP contribution in [-0.4, -0.2) is 0 Å². The number of benzene rings is 1. The maximum atomic E-state index is 8.58. The molecule has 0 fully saturated rings. The van der Waals surface area contributed by atoms with Gasteiger partial charge in [-0.25, -0.2) is 0 Å². The van der Waals surface area contributed by atoms with Crippen LogP contribution in [0.5, 0.6) is 0 Å². The third-order valence-electron chi connectivity index (χ3n) is 1.48. The molecule has 1 atom stereocenters. The lowest BCUT2D eigenvalue weighted by molar-refractivity contribution is 1.12. The summed E-state index contributed by atoms with van der Waals surface area (Å²) in [5.74, 6) is 0. The summed E-state index contributed by atoms with van der Waals surface area (Å²) in [6.07, 6.45) is 0. The van der Waals surface area contributed by atoms with Gasteiger partial charge in [-0.15, -0.1) is 0 Å². The first-order valence-corrected chi connectivity index (χ1v) is 4.29. The second-order valence-corrected chi connectivity index (χ2v) is 3.73. The number of halogens is 1. The van der Waals surface area contributed by atoms with E-state index in [9.17, 15) is 0 Å². The zero-order valence-corrected chi connectivity index (χ0v) is 7.80. The van der Waals surface area contributed by atoms with E-state index in [1.807, 2.05) is 25.1 Å². The molecular weight excluding hydrogens is 202 g/mol. The van der Waals surface area contributed by atoms with Crippen molar-refractivity contribution in [1.82, 2.24) is 0 Å². The van der Waals surface area contributed by atoms with E-state index in [-0.39, 0.29) is 0 Å². The van der Waals surface area contributed by atoms with Gasteiger partial charge in [0.2, 0.25) is 0 Å². The fourth-order valence-corrected chi connectivity index (χ4v) is 1.14. The Kier molecular flexibility index (Phi) is 2.67. The molecule has 2 heteroatoms. The largest absolute Gasteiger partial charge is 0.192 e. The molecule has 0 saturated carbocycles. The van der Waals surface area contributed by atoms with Crippen LogP contribution in [0, 0.1) is 11.3 Å². The van der Waals surface area contributed by atoms with Crippen molar-refractivity contribution in [3.63, 3.8) is 0 Å². The van der Waals surface area contributed by atoms with Crippen molar-refractivity contribution in [2.75, 3.05) is 0 Å². The summed E-state index contributed by atoms with van der Waals surface area (Å²) in [5.41, 5.74) is 1.86. The molecule has 0 saturated heterocycles. The second-order valence-electron chi connectivity index (χ2n) is 2.35. The smallest absolute Gasteiger partial charge is 0.0991 e. The lowest BCUT2D eigenvalue weighted by Crippen LogP contribution is -1.83. The molecule has 0 aliphatic rings. The van der Waals surface area contributed by atoms with Crippen LogP contribution in [0.2, 0.25) is 0 Å².